The van der Waals surface area contributed by atoms with Gasteiger partial charge < -0.3 is 5.73 Å². The lowest BCUT2D eigenvalue weighted by molar-refractivity contribution is 0.192. The van der Waals surface area contributed by atoms with E-state index in [4.69, 9.17) is 18.0 Å². The lowest BCUT2D eigenvalue weighted by atomic mass is 9.98. The Hall–Kier alpha value is -0.940. The van der Waals surface area contributed by atoms with Crippen molar-refractivity contribution >= 4 is 17.2 Å². The first-order valence-electron chi connectivity index (χ1n) is 6.65. The minimum atomic E-state index is 0.382. The van der Waals surface area contributed by atoms with Gasteiger partial charge in [0.25, 0.3) is 0 Å². The minimum absolute atomic E-state index is 0.382. The fourth-order valence-corrected chi connectivity index (χ4v) is 2.85. The fraction of sp³-hybridized carbons (Fsp3) is 0.692. The molecule has 2 heterocycles. The van der Waals surface area contributed by atoms with Crippen molar-refractivity contribution in [2.24, 2.45) is 11.7 Å². The van der Waals surface area contributed by atoms with Gasteiger partial charge in [-0.15, -0.1) is 0 Å². The van der Waals surface area contributed by atoms with E-state index in [1.165, 1.54) is 12.1 Å². The molecule has 0 aliphatic carbocycles. The van der Waals surface area contributed by atoms with Crippen molar-refractivity contribution in [3.05, 3.63) is 17.5 Å². The molecule has 18 heavy (non-hydrogen) atoms. The predicted molar refractivity (Wildman–Crippen MR) is 77.4 cm³/mol. The molecule has 2 N–H and O–H groups in total. The van der Waals surface area contributed by atoms with Gasteiger partial charge in [0, 0.05) is 25.6 Å². The third kappa shape index (κ3) is 3.09. The summed E-state index contributed by atoms with van der Waals surface area (Å²) in [7, 11) is 0. The van der Waals surface area contributed by atoms with Gasteiger partial charge in [-0.3, -0.25) is 9.58 Å². The monoisotopic (exact) mass is 266 g/mol. The van der Waals surface area contributed by atoms with E-state index in [0.29, 0.717) is 10.9 Å². The topological polar surface area (TPSA) is 47.1 Å². The molecule has 1 aliphatic rings. The third-order valence-corrected chi connectivity index (χ3v) is 3.91. The van der Waals surface area contributed by atoms with Gasteiger partial charge in [0.05, 0.1) is 16.4 Å². The van der Waals surface area contributed by atoms with Gasteiger partial charge in [-0.25, -0.2) is 0 Å². The lowest BCUT2D eigenvalue weighted by Gasteiger charge is -2.32. The molecule has 0 spiro atoms. The normalized spacial score (nSPS) is 21.1. The second-order valence-electron chi connectivity index (χ2n) is 5.07. The molecule has 1 aliphatic heterocycles. The zero-order valence-corrected chi connectivity index (χ0v) is 12.0. The Balaban J connectivity index is 2.02. The maximum atomic E-state index is 5.77. The summed E-state index contributed by atoms with van der Waals surface area (Å²) in [5.41, 5.74) is 8.15. The summed E-state index contributed by atoms with van der Waals surface area (Å²) in [6.45, 7) is 8.17. The van der Waals surface area contributed by atoms with Gasteiger partial charge in [0.1, 0.15) is 0 Å². The van der Waals surface area contributed by atoms with Crippen molar-refractivity contribution in [2.75, 3.05) is 13.1 Å². The number of hydrogen-bond donors (Lipinski definition) is 1. The number of aromatic nitrogens is 2. The summed E-state index contributed by atoms with van der Waals surface area (Å²) in [6.07, 6.45) is 2.32. The van der Waals surface area contributed by atoms with E-state index in [0.717, 1.165) is 38.3 Å². The highest BCUT2D eigenvalue weighted by molar-refractivity contribution is 7.80. The number of nitrogens with two attached hydrogens (primary N) is 1. The molecule has 100 valence electrons. The molecule has 2 rings (SSSR count). The van der Waals surface area contributed by atoms with Crippen LogP contribution in [-0.4, -0.2) is 32.8 Å². The number of likely N-dealkylation sites (tertiary alicyclic amines) is 1. The maximum Gasteiger partial charge on any atom is 0.0771 e. The molecule has 1 unspecified atom stereocenters. The molecule has 1 aromatic rings. The van der Waals surface area contributed by atoms with Crippen LogP contribution in [0.1, 0.15) is 31.2 Å². The molecule has 4 nitrogen and oxygen atoms in total. The Morgan fingerprint density at radius 2 is 2.39 bits per heavy atom. The van der Waals surface area contributed by atoms with E-state index < -0.39 is 0 Å². The molecule has 0 aromatic carbocycles. The first-order chi connectivity index (χ1) is 8.60. The quantitative estimate of drug-likeness (QED) is 0.843. The van der Waals surface area contributed by atoms with Crippen LogP contribution in [0.25, 0.3) is 0 Å². The van der Waals surface area contributed by atoms with E-state index in [2.05, 4.69) is 27.7 Å². The molecule has 1 aromatic heterocycles. The molecule has 0 radical (unpaired) electrons. The molecule has 1 saturated heterocycles. The second kappa shape index (κ2) is 5.80. The fourth-order valence-electron chi connectivity index (χ4n) is 2.66. The zero-order valence-electron chi connectivity index (χ0n) is 11.2. The Morgan fingerprint density at radius 3 is 3.06 bits per heavy atom. The van der Waals surface area contributed by atoms with Crippen LogP contribution in [0.4, 0.5) is 0 Å². The zero-order chi connectivity index (χ0) is 13.1. The van der Waals surface area contributed by atoms with Crippen molar-refractivity contribution in [3.8, 4) is 0 Å². The first-order valence-corrected chi connectivity index (χ1v) is 7.06. The number of nitrogens with zero attached hydrogens (tertiary/aromatic N) is 3. The molecular weight excluding hydrogens is 244 g/mol. The van der Waals surface area contributed by atoms with Crippen molar-refractivity contribution < 1.29 is 0 Å². The van der Waals surface area contributed by atoms with Crippen LogP contribution >= 0.6 is 12.2 Å². The summed E-state index contributed by atoms with van der Waals surface area (Å²) in [5, 5.41) is 4.49. The highest BCUT2D eigenvalue weighted by Gasteiger charge is 2.22. The van der Waals surface area contributed by atoms with Gasteiger partial charge in [-0.1, -0.05) is 12.2 Å². The van der Waals surface area contributed by atoms with Crippen molar-refractivity contribution in [1.82, 2.24) is 14.7 Å². The summed E-state index contributed by atoms with van der Waals surface area (Å²) in [6, 6.07) is 2.17. The lowest BCUT2D eigenvalue weighted by Crippen LogP contribution is -2.40. The van der Waals surface area contributed by atoms with E-state index >= 15 is 0 Å². The number of aryl methyl sites for hydroxylation is 2. The summed E-state index contributed by atoms with van der Waals surface area (Å²) in [5.74, 6) is 0.382. The molecule has 0 amide bonds. The molecule has 5 heteroatoms. The largest absolute Gasteiger partial charge is 0.393 e. The third-order valence-electron chi connectivity index (χ3n) is 3.58. The maximum absolute atomic E-state index is 5.77. The van der Waals surface area contributed by atoms with Crippen LogP contribution in [-0.2, 0) is 13.1 Å². The average molecular weight is 266 g/mol. The van der Waals surface area contributed by atoms with Crippen LogP contribution in [0.5, 0.6) is 0 Å². The number of rotatable bonds is 4. The van der Waals surface area contributed by atoms with Crippen LogP contribution in [0.2, 0.25) is 0 Å². The summed E-state index contributed by atoms with van der Waals surface area (Å²) < 4.78 is 2.08. The van der Waals surface area contributed by atoms with Crippen LogP contribution in [0.3, 0.4) is 0 Å². The highest BCUT2D eigenvalue weighted by Crippen LogP contribution is 2.19. The summed E-state index contributed by atoms with van der Waals surface area (Å²) >= 11 is 5.12. The number of hydrogen-bond acceptors (Lipinski definition) is 3. The van der Waals surface area contributed by atoms with Gasteiger partial charge in [0.15, 0.2) is 0 Å². The molecular formula is C13H22N4S. The Kier molecular flexibility index (Phi) is 4.35. The van der Waals surface area contributed by atoms with Gasteiger partial charge in [-0.2, -0.15) is 5.10 Å². The molecule has 1 atom stereocenters. The van der Waals surface area contributed by atoms with Crippen LogP contribution < -0.4 is 5.73 Å². The van der Waals surface area contributed by atoms with E-state index in [-0.39, 0.29) is 0 Å². The smallest absolute Gasteiger partial charge is 0.0771 e. The van der Waals surface area contributed by atoms with Crippen molar-refractivity contribution in [1.29, 1.82) is 0 Å². The number of piperidine rings is 1. The van der Waals surface area contributed by atoms with E-state index in [1.807, 2.05) is 6.92 Å². The first kappa shape index (κ1) is 13.5. The predicted octanol–water partition coefficient (Wildman–Crippen LogP) is 1.71. The van der Waals surface area contributed by atoms with Crippen molar-refractivity contribution in [2.45, 2.75) is 39.8 Å². The van der Waals surface area contributed by atoms with Gasteiger partial charge in [-0.05, 0) is 39.3 Å². The Bertz CT molecular complexity index is 427. The number of thiocarbonyl (C=S) groups is 1. The Labute approximate surface area is 114 Å². The van der Waals surface area contributed by atoms with Crippen LogP contribution in [0.15, 0.2) is 6.07 Å². The highest BCUT2D eigenvalue weighted by atomic mass is 32.1. The minimum Gasteiger partial charge on any atom is -0.393 e. The molecule has 1 fully saturated rings. The van der Waals surface area contributed by atoms with Gasteiger partial charge in [0.2, 0.25) is 0 Å². The van der Waals surface area contributed by atoms with E-state index in [9.17, 15) is 0 Å². The van der Waals surface area contributed by atoms with Crippen LogP contribution in [0, 0.1) is 12.8 Å². The van der Waals surface area contributed by atoms with E-state index in [1.54, 1.807) is 0 Å². The molecule has 0 saturated carbocycles. The summed E-state index contributed by atoms with van der Waals surface area (Å²) in [4.78, 5) is 3.11. The van der Waals surface area contributed by atoms with Crippen molar-refractivity contribution in [3.63, 3.8) is 0 Å². The standard InChI is InChI=1S/C13H22N4S/c1-3-17-12(7-10(2)15-17)9-16-6-4-5-11(8-16)13(14)18/h7,11H,3-6,8-9H2,1-2H3,(H2,14,18). The SMILES string of the molecule is CCn1nc(C)cc1CN1CCCC(C(N)=S)C1. The average Bonchev–Trinajstić information content (AvgIpc) is 2.69. The molecule has 0 bridgehead atoms. The Morgan fingerprint density at radius 1 is 1.61 bits per heavy atom. The van der Waals surface area contributed by atoms with Gasteiger partial charge >= 0.3 is 0 Å². The second-order valence-corrected chi connectivity index (χ2v) is 5.54.